The molecule has 2 N–H and O–H groups in total. The van der Waals surface area contributed by atoms with E-state index in [1.54, 1.807) is 0 Å². The standard InChI is InChI=1S/C14H20N2O3/c1-10(2)15-14(18)16-12(13(17)19-3)9-11-7-5-4-6-8-11/h4-8,10,12H,9H2,1-3H3,(H2,15,16,18)/t12-/m1/s1. The third-order valence-electron chi connectivity index (χ3n) is 2.49. The van der Waals surface area contributed by atoms with Gasteiger partial charge in [0.05, 0.1) is 7.11 Å². The molecule has 0 bridgehead atoms. The Kier molecular flexibility index (Phi) is 5.85. The first-order chi connectivity index (χ1) is 9.02. The Bertz CT molecular complexity index is 418. The van der Waals surface area contributed by atoms with E-state index in [9.17, 15) is 9.59 Å². The van der Waals surface area contributed by atoms with E-state index < -0.39 is 12.0 Å². The maximum absolute atomic E-state index is 11.7. The molecule has 1 aromatic rings. The maximum Gasteiger partial charge on any atom is 0.328 e. The molecule has 0 saturated heterocycles. The van der Waals surface area contributed by atoms with Crippen molar-refractivity contribution in [1.82, 2.24) is 10.6 Å². The Balaban J connectivity index is 2.67. The van der Waals surface area contributed by atoms with Gasteiger partial charge in [-0.2, -0.15) is 0 Å². The van der Waals surface area contributed by atoms with E-state index in [0.717, 1.165) is 5.56 Å². The van der Waals surface area contributed by atoms with Crippen LogP contribution >= 0.6 is 0 Å². The minimum atomic E-state index is -0.689. The lowest BCUT2D eigenvalue weighted by atomic mass is 10.1. The molecule has 0 aliphatic rings. The number of nitrogens with one attached hydrogen (secondary N) is 2. The average molecular weight is 264 g/mol. The molecular weight excluding hydrogens is 244 g/mol. The zero-order chi connectivity index (χ0) is 14.3. The van der Waals surface area contributed by atoms with Crippen LogP contribution in [-0.2, 0) is 16.0 Å². The Morgan fingerprint density at radius 2 is 1.79 bits per heavy atom. The fourth-order valence-electron chi connectivity index (χ4n) is 1.65. The van der Waals surface area contributed by atoms with Crippen molar-refractivity contribution in [3.8, 4) is 0 Å². The molecule has 5 nitrogen and oxygen atoms in total. The molecule has 0 spiro atoms. The van der Waals surface area contributed by atoms with Gasteiger partial charge >= 0.3 is 12.0 Å². The number of hydrogen-bond donors (Lipinski definition) is 2. The second-order valence-corrected chi connectivity index (χ2v) is 4.54. The first-order valence-electron chi connectivity index (χ1n) is 6.21. The number of ether oxygens (including phenoxy) is 1. The van der Waals surface area contributed by atoms with Crippen LogP contribution in [-0.4, -0.2) is 31.2 Å². The molecule has 0 saturated carbocycles. The Morgan fingerprint density at radius 3 is 2.32 bits per heavy atom. The Hall–Kier alpha value is -2.04. The van der Waals surface area contributed by atoms with Crippen molar-refractivity contribution in [2.24, 2.45) is 0 Å². The summed E-state index contributed by atoms with van der Waals surface area (Å²) in [5.41, 5.74) is 0.961. The molecule has 2 amide bonds. The monoisotopic (exact) mass is 264 g/mol. The number of esters is 1. The van der Waals surface area contributed by atoms with Crippen molar-refractivity contribution in [2.75, 3.05) is 7.11 Å². The van der Waals surface area contributed by atoms with Gasteiger partial charge in [-0.25, -0.2) is 9.59 Å². The molecular formula is C14H20N2O3. The molecule has 0 unspecified atom stereocenters. The van der Waals surface area contributed by atoms with Gasteiger partial charge < -0.3 is 15.4 Å². The molecule has 104 valence electrons. The molecule has 1 atom stereocenters. The van der Waals surface area contributed by atoms with E-state index >= 15 is 0 Å². The van der Waals surface area contributed by atoms with Crippen LogP contribution in [0.25, 0.3) is 0 Å². The lowest BCUT2D eigenvalue weighted by Gasteiger charge is -2.18. The van der Waals surface area contributed by atoms with Gasteiger partial charge in [0, 0.05) is 12.5 Å². The summed E-state index contributed by atoms with van der Waals surface area (Å²) in [5.74, 6) is -0.456. The molecule has 0 aromatic heterocycles. The van der Waals surface area contributed by atoms with Crippen LogP contribution in [0.3, 0.4) is 0 Å². The minimum Gasteiger partial charge on any atom is -0.467 e. The number of rotatable bonds is 5. The molecule has 1 rings (SSSR count). The largest absolute Gasteiger partial charge is 0.467 e. The summed E-state index contributed by atoms with van der Waals surface area (Å²) >= 11 is 0. The van der Waals surface area contributed by atoms with Crippen LogP contribution in [0.2, 0.25) is 0 Å². The van der Waals surface area contributed by atoms with Gasteiger partial charge in [-0.1, -0.05) is 30.3 Å². The zero-order valence-corrected chi connectivity index (χ0v) is 11.5. The molecule has 0 radical (unpaired) electrons. The molecule has 19 heavy (non-hydrogen) atoms. The third-order valence-corrected chi connectivity index (χ3v) is 2.49. The normalized spacial score (nSPS) is 11.8. The number of benzene rings is 1. The van der Waals surface area contributed by atoms with E-state index in [1.165, 1.54) is 7.11 Å². The van der Waals surface area contributed by atoms with Gasteiger partial charge in [-0.15, -0.1) is 0 Å². The number of methoxy groups -OCH3 is 1. The summed E-state index contributed by atoms with van der Waals surface area (Å²) in [4.78, 5) is 23.3. The SMILES string of the molecule is COC(=O)[C@@H](Cc1ccccc1)NC(=O)NC(C)C. The predicted octanol–water partition coefficient (Wildman–Crippen LogP) is 1.48. The molecule has 0 fully saturated rings. The summed E-state index contributed by atoms with van der Waals surface area (Å²) in [6.07, 6.45) is 0.402. The van der Waals surface area contributed by atoms with Crippen LogP contribution < -0.4 is 10.6 Å². The van der Waals surface area contributed by atoms with E-state index in [1.807, 2.05) is 44.2 Å². The van der Waals surface area contributed by atoms with Crippen molar-refractivity contribution in [3.05, 3.63) is 35.9 Å². The molecule has 0 aliphatic carbocycles. The lowest BCUT2D eigenvalue weighted by Crippen LogP contribution is -2.49. The van der Waals surface area contributed by atoms with Crippen molar-refractivity contribution in [3.63, 3.8) is 0 Å². The maximum atomic E-state index is 11.7. The quantitative estimate of drug-likeness (QED) is 0.792. The summed E-state index contributed by atoms with van der Waals surface area (Å²) in [6, 6.07) is 8.42. The average Bonchev–Trinajstić information content (AvgIpc) is 2.37. The lowest BCUT2D eigenvalue weighted by molar-refractivity contribution is -0.142. The van der Waals surface area contributed by atoms with Crippen LogP contribution in [0.4, 0.5) is 4.79 Å². The number of urea groups is 1. The number of carbonyl (C=O) groups is 2. The van der Waals surface area contributed by atoms with Gasteiger partial charge in [-0.05, 0) is 19.4 Å². The highest BCUT2D eigenvalue weighted by Gasteiger charge is 2.21. The molecule has 0 aliphatic heterocycles. The summed E-state index contributed by atoms with van der Waals surface area (Å²) < 4.78 is 4.71. The van der Waals surface area contributed by atoms with Crippen molar-refractivity contribution < 1.29 is 14.3 Å². The van der Waals surface area contributed by atoms with Gasteiger partial charge in [0.25, 0.3) is 0 Å². The first-order valence-corrected chi connectivity index (χ1v) is 6.21. The Labute approximate surface area is 113 Å². The second kappa shape index (κ2) is 7.41. The first kappa shape index (κ1) is 15.0. The van der Waals surface area contributed by atoms with Crippen molar-refractivity contribution in [1.29, 1.82) is 0 Å². The molecule has 5 heteroatoms. The van der Waals surface area contributed by atoms with Crippen LogP contribution in [0.15, 0.2) is 30.3 Å². The highest BCUT2D eigenvalue weighted by Crippen LogP contribution is 2.04. The number of hydrogen-bond acceptors (Lipinski definition) is 3. The highest BCUT2D eigenvalue weighted by atomic mass is 16.5. The summed E-state index contributed by atoms with van der Waals surface area (Å²) in [7, 11) is 1.31. The molecule has 0 heterocycles. The van der Waals surface area contributed by atoms with E-state index in [2.05, 4.69) is 10.6 Å². The van der Waals surface area contributed by atoms with Gasteiger partial charge in [-0.3, -0.25) is 0 Å². The van der Waals surface area contributed by atoms with Gasteiger partial charge in [0.2, 0.25) is 0 Å². The van der Waals surface area contributed by atoms with Crippen molar-refractivity contribution >= 4 is 12.0 Å². The topological polar surface area (TPSA) is 67.4 Å². The van der Waals surface area contributed by atoms with Crippen LogP contribution in [0.5, 0.6) is 0 Å². The van der Waals surface area contributed by atoms with Gasteiger partial charge in [0.1, 0.15) is 6.04 Å². The highest BCUT2D eigenvalue weighted by molar-refractivity contribution is 5.83. The Morgan fingerprint density at radius 1 is 1.16 bits per heavy atom. The minimum absolute atomic E-state index is 0.00928. The third kappa shape index (κ3) is 5.42. The van der Waals surface area contributed by atoms with Crippen LogP contribution in [0.1, 0.15) is 19.4 Å². The fraction of sp³-hybridized carbons (Fsp3) is 0.429. The summed E-state index contributed by atoms with van der Waals surface area (Å²) in [5, 5.41) is 5.30. The number of amides is 2. The second-order valence-electron chi connectivity index (χ2n) is 4.54. The van der Waals surface area contributed by atoms with Crippen LogP contribution in [0, 0.1) is 0 Å². The number of carbonyl (C=O) groups excluding carboxylic acids is 2. The zero-order valence-electron chi connectivity index (χ0n) is 11.5. The smallest absolute Gasteiger partial charge is 0.328 e. The van der Waals surface area contributed by atoms with Crippen molar-refractivity contribution in [2.45, 2.75) is 32.4 Å². The van der Waals surface area contributed by atoms with Gasteiger partial charge in [0.15, 0.2) is 0 Å². The fourth-order valence-corrected chi connectivity index (χ4v) is 1.65. The van der Waals surface area contributed by atoms with E-state index in [0.29, 0.717) is 6.42 Å². The van der Waals surface area contributed by atoms with E-state index in [4.69, 9.17) is 4.74 Å². The van der Waals surface area contributed by atoms with E-state index in [-0.39, 0.29) is 12.1 Å². The summed E-state index contributed by atoms with van der Waals surface area (Å²) in [6.45, 7) is 3.70. The predicted molar refractivity (Wildman–Crippen MR) is 72.8 cm³/mol. The molecule has 1 aromatic carbocycles.